The molecule has 1 amide bonds. The van der Waals surface area contributed by atoms with Crippen LogP contribution in [0.15, 0.2) is 28.8 Å². The lowest BCUT2D eigenvalue weighted by molar-refractivity contribution is -0.134. The molecule has 2 aliphatic heterocycles. The van der Waals surface area contributed by atoms with Crippen molar-refractivity contribution in [3.8, 4) is 11.4 Å². The topological polar surface area (TPSA) is 71.3 Å². The average Bonchev–Trinajstić information content (AvgIpc) is 3.34. The summed E-state index contributed by atoms with van der Waals surface area (Å²) < 4.78 is 18.5. The molecule has 0 radical (unpaired) electrons. The number of piperidine rings is 1. The van der Waals surface area contributed by atoms with Gasteiger partial charge in [0, 0.05) is 18.7 Å². The molecule has 3 heterocycles. The van der Waals surface area contributed by atoms with Crippen LogP contribution in [0.1, 0.15) is 37.5 Å². The van der Waals surface area contributed by atoms with Crippen molar-refractivity contribution >= 4 is 18.3 Å². The molecule has 2 atom stereocenters. The molecule has 0 saturated carbocycles. The Hall–Kier alpha value is -1.99. The molecule has 4 rings (SSSR count). The molecule has 2 fully saturated rings. The molecule has 140 valence electrons. The van der Waals surface area contributed by atoms with Gasteiger partial charge in [0.25, 0.3) is 0 Å². The fraction of sp³-hybridized carbons (Fsp3) is 0.500. The Labute approximate surface area is 157 Å². The Morgan fingerprint density at radius 2 is 2.04 bits per heavy atom. The second kappa shape index (κ2) is 8.14. The molecule has 0 spiro atoms. The van der Waals surface area contributed by atoms with E-state index >= 15 is 0 Å². The standard InChI is InChI=1S/C18H21FN4O2.ClH/c19-14-7-5-12(6-8-14)16-21-17(25-22-16)13-3-2-10-23(11-13)18(24)15-4-1-9-20-15;/h5-8,13,15,20H,1-4,9-11H2;1H. The Morgan fingerprint density at radius 3 is 2.77 bits per heavy atom. The van der Waals surface area contributed by atoms with E-state index in [0.717, 1.165) is 44.3 Å². The molecule has 2 unspecified atom stereocenters. The van der Waals surface area contributed by atoms with E-state index in [0.29, 0.717) is 18.3 Å². The number of benzene rings is 1. The van der Waals surface area contributed by atoms with Gasteiger partial charge in [0.2, 0.25) is 17.6 Å². The average molecular weight is 381 g/mol. The number of carbonyl (C=O) groups excluding carboxylic acids is 1. The summed E-state index contributed by atoms with van der Waals surface area (Å²) in [6.07, 6.45) is 3.82. The number of amides is 1. The van der Waals surface area contributed by atoms with Crippen molar-refractivity contribution in [1.29, 1.82) is 0 Å². The number of hydrogen-bond donors (Lipinski definition) is 1. The second-order valence-corrected chi connectivity index (χ2v) is 6.74. The van der Waals surface area contributed by atoms with E-state index in [1.807, 2.05) is 4.90 Å². The summed E-state index contributed by atoms with van der Waals surface area (Å²) in [5, 5.41) is 7.28. The van der Waals surface area contributed by atoms with Crippen molar-refractivity contribution in [1.82, 2.24) is 20.4 Å². The van der Waals surface area contributed by atoms with Crippen molar-refractivity contribution in [2.45, 2.75) is 37.6 Å². The van der Waals surface area contributed by atoms with E-state index in [1.54, 1.807) is 12.1 Å². The molecular formula is C18H22ClFN4O2. The van der Waals surface area contributed by atoms with Gasteiger partial charge in [-0.2, -0.15) is 4.98 Å². The minimum Gasteiger partial charge on any atom is -0.341 e. The van der Waals surface area contributed by atoms with Crippen LogP contribution in [0.25, 0.3) is 11.4 Å². The zero-order chi connectivity index (χ0) is 17.2. The van der Waals surface area contributed by atoms with E-state index in [4.69, 9.17) is 4.52 Å². The van der Waals surface area contributed by atoms with Crippen molar-refractivity contribution in [2.24, 2.45) is 0 Å². The fourth-order valence-corrected chi connectivity index (χ4v) is 3.61. The van der Waals surface area contributed by atoms with Crippen LogP contribution in [0.5, 0.6) is 0 Å². The molecular weight excluding hydrogens is 359 g/mol. The van der Waals surface area contributed by atoms with Crippen LogP contribution in [0, 0.1) is 5.82 Å². The molecule has 2 aliphatic rings. The van der Waals surface area contributed by atoms with E-state index in [9.17, 15) is 9.18 Å². The molecule has 1 aromatic carbocycles. The van der Waals surface area contributed by atoms with Crippen LogP contribution in [-0.2, 0) is 4.79 Å². The third kappa shape index (κ3) is 3.88. The fourth-order valence-electron chi connectivity index (χ4n) is 3.61. The first-order chi connectivity index (χ1) is 12.2. The molecule has 2 saturated heterocycles. The van der Waals surface area contributed by atoms with Gasteiger partial charge in [-0.25, -0.2) is 4.39 Å². The summed E-state index contributed by atoms with van der Waals surface area (Å²) in [7, 11) is 0. The van der Waals surface area contributed by atoms with E-state index in [-0.39, 0.29) is 36.1 Å². The smallest absolute Gasteiger partial charge is 0.239 e. The number of likely N-dealkylation sites (tertiary alicyclic amines) is 1. The van der Waals surface area contributed by atoms with Crippen molar-refractivity contribution in [2.75, 3.05) is 19.6 Å². The SMILES string of the molecule is Cl.O=C(C1CCCN1)N1CCCC(c2nc(-c3ccc(F)cc3)no2)C1. The summed E-state index contributed by atoms with van der Waals surface area (Å²) in [4.78, 5) is 19.0. The van der Waals surface area contributed by atoms with E-state index in [2.05, 4.69) is 15.5 Å². The van der Waals surface area contributed by atoms with Crippen LogP contribution < -0.4 is 5.32 Å². The lowest BCUT2D eigenvalue weighted by Gasteiger charge is -2.32. The van der Waals surface area contributed by atoms with Crippen LogP contribution in [-0.4, -0.2) is 46.6 Å². The monoisotopic (exact) mass is 380 g/mol. The minimum absolute atomic E-state index is 0. The zero-order valence-corrected chi connectivity index (χ0v) is 15.2. The summed E-state index contributed by atoms with van der Waals surface area (Å²) in [6.45, 7) is 2.31. The number of rotatable bonds is 3. The van der Waals surface area contributed by atoms with Crippen LogP contribution in [0.3, 0.4) is 0 Å². The molecule has 6 nitrogen and oxygen atoms in total. The third-order valence-corrected chi connectivity index (χ3v) is 4.98. The summed E-state index contributed by atoms with van der Waals surface area (Å²) >= 11 is 0. The summed E-state index contributed by atoms with van der Waals surface area (Å²) in [6, 6.07) is 5.97. The first kappa shape index (κ1) is 18.8. The van der Waals surface area contributed by atoms with Gasteiger partial charge >= 0.3 is 0 Å². The molecule has 1 N–H and O–H groups in total. The number of hydrogen-bond acceptors (Lipinski definition) is 5. The van der Waals surface area contributed by atoms with E-state index < -0.39 is 0 Å². The van der Waals surface area contributed by atoms with Gasteiger partial charge in [-0.15, -0.1) is 12.4 Å². The molecule has 26 heavy (non-hydrogen) atoms. The van der Waals surface area contributed by atoms with Gasteiger partial charge in [-0.1, -0.05) is 5.16 Å². The quantitative estimate of drug-likeness (QED) is 0.886. The molecule has 2 aromatic rings. The van der Waals surface area contributed by atoms with Gasteiger partial charge in [0.15, 0.2) is 0 Å². The highest BCUT2D eigenvalue weighted by Gasteiger charge is 2.32. The molecule has 8 heteroatoms. The third-order valence-electron chi connectivity index (χ3n) is 4.98. The van der Waals surface area contributed by atoms with E-state index in [1.165, 1.54) is 12.1 Å². The maximum absolute atomic E-state index is 13.0. The van der Waals surface area contributed by atoms with Crippen molar-refractivity contribution in [3.63, 3.8) is 0 Å². The zero-order valence-electron chi connectivity index (χ0n) is 14.4. The predicted octanol–water partition coefficient (Wildman–Crippen LogP) is 2.76. The number of nitrogens with zero attached hydrogens (tertiary/aromatic N) is 3. The predicted molar refractivity (Wildman–Crippen MR) is 96.5 cm³/mol. The van der Waals surface area contributed by atoms with Crippen LogP contribution >= 0.6 is 12.4 Å². The van der Waals surface area contributed by atoms with Gasteiger partial charge in [0.05, 0.1) is 12.0 Å². The Kier molecular flexibility index (Phi) is 5.88. The number of aromatic nitrogens is 2. The molecule has 1 aromatic heterocycles. The number of carbonyl (C=O) groups is 1. The normalized spacial score (nSPS) is 22.9. The highest BCUT2D eigenvalue weighted by atomic mass is 35.5. The molecule has 0 bridgehead atoms. The highest BCUT2D eigenvalue weighted by molar-refractivity contribution is 5.85. The maximum Gasteiger partial charge on any atom is 0.239 e. The summed E-state index contributed by atoms with van der Waals surface area (Å²) in [5.41, 5.74) is 0.718. The van der Waals surface area contributed by atoms with Crippen LogP contribution in [0.2, 0.25) is 0 Å². The molecule has 0 aliphatic carbocycles. The maximum atomic E-state index is 13.0. The summed E-state index contributed by atoms with van der Waals surface area (Å²) in [5.74, 6) is 0.947. The first-order valence-electron chi connectivity index (χ1n) is 8.82. The Bertz CT molecular complexity index is 746. The number of nitrogens with one attached hydrogen (secondary N) is 1. The van der Waals surface area contributed by atoms with Gasteiger partial charge < -0.3 is 14.7 Å². The Morgan fingerprint density at radius 1 is 1.23 bits per heavy atom. The van der Waals surface area contributed by atoms with Crippen molar-refractivity contribution < 1.29 is 13.7 Å². The highest BCUT2D eigenvalue weighted by Crippen LogP contribution is 2.28. The first-order valence-corrected chi connectivity index (χ1v) is 8.82. The largest absolute Gasteiger partial charge is 0.341 e. The van der Waals surface area contributed by atoms with Gasteiger partial charge in [-0.3, -0.25) is 4.79 Å². The minimum atomic E-state index is -0.297. The van der Waals surface area contributed by atoms with Crippen LogP contribution in [0.4, 0.5) is 4.39 Å². The number of halogens is 2. The lowest BCUT2D eigenvalue weighted by Crippen LogP contribution is -2.47. The lowest BCUT2D eigenvalue weighted by atomic mass is 9.97. The Balaban J connectivity index is 0.00000196. The van der Waals surface area contributed by atoms with Crippen molar-refractivity contribution in [3.05, 3.63) is 36.0 Å². The van der Waals surface area contributed by atoms with Gasteiger partial charge in [-0.05, 0) is 56.5 Å². The van der Waals surface area contributed by atoms with Gasteiger partial charge in [0.1, 0.15) is 5.82 Å². The second-order valence-electron chi connectivity index (χ2n) is 6.74.